The predicted molar refractivity (Wildman–Crippen MR) is 82.0 cm³/mol. The smallest absolute Gasteiger partial charge is 0.255 e. The van der Waals surface area contributed by atoms with Crippen LogP contribution in [0.1, 0.15) is 37.0 Å². The van der Waals surface area contributed by atoms with E-state index in [-0.39, 0.29) is 18.3 Å². The molecule has 3 nitrogen and oxygen atoms in total. The van der Waals surface area contributed by atoms with Crippen LogP contribution in [0.15, 0.2) is 18.2 Å². The predicted octanol–water partition coefficient (Wildman–Crippen LogP) is 3.61. The van der Waals surface area contributed by atoms with Gasteiger partial charge in [0.15, 0.2) is 0 Å². The molecule has 106 valence electrons. The van der Waals surface area contributed by atoms with Crippen molar-refractivity contribution in [3.63, 3.8) is 0 Å². The minimum absolute atomic E-state index is 0. The number of likely N-dealkylation sites (tertiary alicyclic amines) is 1. The van der Waals surface area contributed by atoms with Crippen molar-refractivity contribution in [3.8, 4) is 0 Å². The van der Waals surface area contributed by atoms with Crippen molar-refractivity contribution in [1.82, 2.24) is 4.90 Å². The molecule has 1 aliphatic heterocycles. The standard InChI is InChI=1S/C14H19ClN2O.ClH/c1-14(2)5-7-17(8-6-14)13(18)11-4-3-10(16)9-12(11)15;/h3-4,9H,5-8,16H2,1-2H3;1H. The van der Waals surface area contributed by atoms with Gasteiger partial charge in [-0.05, 0) is 36.5 Å². The maximum absolute atomic E-state index is 12.3. The molecule has 1 saturated heterocycles. The average Bonchev–Trinajstić information content (AvgIpc) is 2.28. The Morgan fingerprint density at radius 1 is 1.32 bits per heavy atom. The number of anilines is 1. The molecular formula is C14H20Cl2N2O. The number of piperidine rings is 1. The first-order valence-electron chi connectivity index (χ1n) is 6.23. The molecule has 0 unspecified atom stereocenters. The Balaban J connectivity index is 0.00000180. The number of rotatable bonds is 1. The fourth-order valence-electron chi connectivity index (χ4n) is 2.19. The van der Waals surface area contributed by atoms with Gasteiger partial charge in [-0.2, -0.15) is 0 Å². The van der Waals surface area contributed by atoms with Crippen molar-refractivity contribution in [2.45, 2.75) is 26.7 Å². The number of nitrogen functional groups attached to an aromatic ring is 1. The molecule has 0 bridgehead atoms. The normalized spacial score (nSPS) is 17.7. The Labute approximate surface area is 125 Å². The van der Waals surface area contributed by atoms with E-state index in [1.54, 1.807) is 18.2 Å². The number of nitrogens with two attached hydrogens (primary N) is 1. The fourth-order valence-corrected chi connectivity index (χ4v) is 2.46. The third-order valence-electron chi connectivity index (χ3n) is 3.63. The summed E-state index contributed by atoms with van der Waals surface area (Å²) in [7, 11) is 0. The van der Waals surface area contributed by atoms with Crippen LogP contribution >= 0.6 is 24.0 Å². The number of carbonyl (C=O) groups excluding carboxylic acids is 1. The lowest BCUT2D eigenvalue weighted by Crippen LogP contribution is -2.41. The summed E-state index contributed by atoms with van der Waals surface area (Å²) >= 11 is 6.07. The molecule has 1 heterocycles. The summed E-state index contributed by atoms with van der Waals surface area (Å²) in [6.45, 7) is 6.08. The zero-order valence-corrected chi connectivity index (χ0v) is 12.9. The topological polar surface area (TPSA) is 46.3 Å². The first kappa shape index (κ1) is 16.1. The molecule has 0 atom stereocenters. The van der Waals surface area contributed by atoms with Crippen LogP contribution in [0.5, 0.6) is 0 Å². The number of amides is 1. The van der Waals surface area contributed by atoms with Gasteiger partial charge in [0.05, 0.1) is 10.6 Å². The van der Waals surface area contributed by atoms with E-state index in [4.69, 9.17) is 17.3 Å². The second-order valence-electron chi connectivity index (χ2n) is 5.70. The van der Waals surface area contributed by atoms with Crippen molar-refractivity contribution >= 4 is 35.6 Å². The van der Waals surface area contributed by atoms with Crippen molar-refractivity contribution in [1.29, 1.82) is 0 Å². The van der Waals surface area contributed by atoms with Gasteiger partial charge in [0, 0.05) is 18.8 Å². The van der Waals surface area contributed by atoms with Gasteiger partial charge >= 0.3 is 0 Å². The van der Waals surface area contributed by atoms with Crippen LogP contribution in [0.3, 0.4) is 0 Å². The molecule has 1 aromatic rings. The highest BCUT2D eigenvalue weighted by atomic mass is 35.5. The second kappa shape index (κ2) is 6.02. The maximum atomic E-state index is 12.3. The van der Waals surface area contributed by atoms with Gasteiger partial charge in [-0.1, -0.05) is 25.4 Å². The van der Waals surface area contributed by atoms with Gasteiger partial charge in [-0.15, -0.1) is 12.4 Å². The molecule has 2 rings (SSSR count). The lowest BCUT2D eigenvalue weighted by molar-refractivity contribution is 0.0630. The third-order valence-corrected chi connectivity index (χ3v) is 3.94. The number of benzene rings is 1. The van der Waals surface area contributed by atoms with Crippen LogP contribution in [0.4, 0.5) is 5.69 Å². The summed E-state index contributed by atoms with van der Waals surface area (Å²) in [5.74, 6) is 0.00972. The highest BCUT2D eigenvalue weighted by molar-refractivity contribution is 6.34. The Bertz CT molecular complexity index is 465. The van der Waals surface area contributed by atoms with E-state index in [0.717, 1.165) is 25.9 Å². The average molecular weight is 303 g/mol. The van der Waals surface area contributed by atoms with E-state index in [0.29, 0.717) is 21.7 Å². The van der Waals surface area contributed by atoms with E-state index in [2.05, 4.69) is 13.8 Å². The number of halogens is 2. The highest BCUT2D eigenvalue weighted by Crippen LogP contribution is 2.31. The SMILES string of the molecule is CC1(C)CCN(C(=O)c2ccc(N)cc2Cl)CC1.Cl. The highest BCUT2D eigenvalue weighted by Gasteiger charge is 2.28. The van der Waals surface area contributed by atoms with Gasteiger partial charge in [-0.25, -0.2) is 0 Å². The summed E-state index contributed by atoms with van der Waals surface area (Å²) in [6, 6.07) is 5.05. The second-order valence-corrected chi connectivity index (χ2v) is 6.10. The zero-order valence-electron chi connectivity index (χ0n) is 11.3. The summed E-state index contributed by atoms with van der Waals surface area (Å²) in [6.07, 6.45) is 2.07. The van der Waals surface area contributed by atoms with Crippen molar-refractivity contribution < 1.29 is 4.79 Å². The van der Waals surface area contributed by atoms with Gasteiger partial charge in [-0.3, -0.25) is 4.79 Å². The molecule has 19 heavy (non-hydrogen) atoms. The molecule has 0 radical (unpaired) electrons. The van der Waals surface area contributed by atoms with E-state index in [9.17, 15) is 4.79 Å². The van der Waals surface area contributed by atoms with Crippen molar-refractivity contribution in [3.05, 3.63) is 28.8 Å². The Morgan fingerprint density at radius 2 is 1.89 bits per heavy atom. The molecule has 5 heteroatoms. The number of carbonyl (C=O) groups is 1. The first-order chi connectivity index (χ1) is 8.39. The summed E-state index contributed by atoms with van der Waals surface area (Å²) in [4.78, 5) is 14.2. The zero-order chi connectivity index (χ0) is 13.3. The van der Waals surface area contributed by atoms with E-state index in [1.807, 2.05) is 4.90 Å². The van der Waals surface area contributed by atoms with E-state index in [1.165, 1.54) is 0 Å². The van der Waals surface area contributed by atoms with Crippen LogP contribution in [0, 0.1) is 5.41 Å². The van der Waals surface area contributed by atoms with Gasteiger partial charge in [0.25, 0.3) is 5.91 Å². The summed E-state index contributed by atoms with van der Waals surface area (Å²) in [5.41, 5.74) is 7.09. The van der Waals surface area contributed by atoms with Crippen molar-refractivity contribution in [2.75, 3.05) is 18.8 Å². The minimum atomic E-state index is 0. The van der Waals surface area contributed by atoms with Gasteiger partial charge < -0.3 is 10.6 Å². The number of hydrogen-bond acceptors (Lipinski definition) is 2. The maximum Gasteiger partial charge on any atom is 0.255 e. The van der Waals surface area contributed by atoms with Crippen molar-refractivity contribution in [2.24, 2.45) is 5.41 Å². The Hall–Kier alpha value is -0.930. The monoisotopic (exact) mass is 302 g/mol. The molecule has 0 aromatic heterocycles. The van der Waals surface area contributed by atoms with E-state index < -0.39 is 0 Å². The largest absolute Gasteiger partial charge is 0.399 e. The quantitative estimate of drug-likeness (QED) is 0.806. The summed E-state index contributed by atoms with van der Waals surface area (Å²) < 4.78 is 0. The molecule has 1 amide bonds. The van der Waals surface area contributed by atoms with Crippen LogP contribution in [0.2, 0.25) is 5.02 Å². The fraction of sp³-hybridized carbons (Fsp3) is 0.500. The summed E-state index contributed by atoms with van der Waals surface area (Å²) in [5, 5.41) is 0.435. The lowest BCUT2D eigenvalue weighted by Gasteiger charge is -2.37. The lowest BCUT2D eigenvalue weighted by atomic mass is 9.82. The molecule has 0 saturated carbocycles. The van der Waals surface area contributed by atoms with Gasteiger partial charge in [0.1, 0.15) is 0 Å². The third kappa shape index (κ3) is 3.77. The van der Waals surface area contributed by atoms with Crippen LogP contribution in [-0.4, -0.2) is 23.9 Å². The number of hydrogen-bond donors (Lipinski definition) is 1. The molecule has 1 fully saturated rings. The molecule has 0 spiro atoms. The molecular weight excluding hydrogens is 283 g/mol. The first-order valence-corrected chi connectivity index (χ1v) is 6.61. The number of nitrogens with zero attached hydrogens (tertiary/aromatic N) is 1. The minimum Gasteiger partial charge on any atom is -0.399 e. The van der Waals surface area contributed by atoms with E-state index >= 15 is 0 Å². The van der Waals surface area contributed by atoms with Crippen LogP contribution in [0.25, 0.3) is 0 Å². The molecule has 1 aliphatic rings. The molecule has 1 aromatic carbocycles. The van der Waals surface area contributed by atoms with Crippen LogP contribution < -0.4 is 5.73 Å². The molecule has 0 aliphatic carbocycles. The van der Waals surface area contributed by atoms with Crippen LogP contribution in [-0.2, 0) is 0 Å². The Kier molecular flexibility index (Phi) is 5.11. The molecule has 2 N–H and O–H groups in total. The van der Waals surface area contributed by atoms with Gasteiger partial charge in [0.2, 0.25) is 0 Å². The Morgan fingerprint density at radius 3 is 2.42 bits per heavy atom.